The molecule has 0 radical (unpaired) electrons. The number of benzene rings is 1. The van der Waals surface area contributed by atoms with Gasteiger partial charge in [0, 0.05) is 24.2 Å². The minimum absolute atomic E-state index is 0.332. The van der Waals surface area contributed by atoms with Gasteiger partial charge >= 0.3 is 0 Å². The van der Waals surface area contributed by atoms with E-state index in [1.54, 1.807) is 6.07 Å². The van der Waals surface area contributed by atoms with E-state index in [1.807, 2.05) is 18.3 Å². The van der Waals surface area contributed by atoms with Gasteiger partial charge in [0.15, 0.2) is 0 Å². The van der Waals surface area contributed by atoms with Gasteiger partial charge in [-0.3, -0.25) is 9.88 Å². The Morgan fingerprint density at radius 3 is 3.00 bits per heavy atom. The molecular weight excluding hydrogens is 272 g/mol. The number of phenols is 1. The third-order valence-electron chi connectivity index (χ3n) is 5.81. The molecule has 22 heavy (non-hydrogen) atoms. The molecule has 1 aromatic carbocycles. The molecule has 3 aliphatic heterocycles. The molecule has 4 atom stereocenters. The van der Waals surface area contributed by atoms with Crippen molar-refractivity contribution >= 4 is 10.9 Å². The first-order chi connectivity index (χ1) is 10.7. The molecule has 1 N–H and O–H groups in total. The molecular formula is C19H24N2O. The number of hydrogen-bond acceptors (Lipinski definition) is 3. The number of nitrogens with zero attached hydrogens (tertiary/aromatic N) is 2. The van der Waals surface area contributed by atoms with E-state index in [4.69, 9.17) is 0 Å². The number of aromatic hydroxyl groups is 1. The Kier molecular flexibility index (Phi) is 3.53. The first-order valence-corrected chi connectivity index (χ1v) is 8.55. The van der Waals surface area contributed by atoms with E-state index in [1.165, 1.54) is 37.9 Å². The second kappa shape index (κ2) is 5.54. The van der Waals surface area contributed by atoms with Gasteiger partial charge in [-0.2, -0.15) is 0 Å². The third-order valence-corrected chi connectivity index (χ3v) is 5.81. The molecule has 0 saturated carbocycles. The van der Waals surface area contributed by atoms with Gasteiger partial charge in [-0.1, -0.05) is 13.3 Å². The Morgan fingerprint density at radius 1 is 1.32 bits per heavy atom. The van der Waals surface area contributed by atoms with E-state index in [0.717, 1.165) is 29.2 Å². The average molecular weight is 296 g/mol. The van der Waals surface area contributed by atoms with Crippen LogP contribution in [0.15, 0.2) is 30.5 Å². The van der Waals surface area contributed by atoms with Crippen LogP contribution < -0.4 is 0 Å². The fraction of sp³-hybridized carbons (Fsp3) is 0.526. The summed E-state index contributed by atoms with van der Waals surface area (Å²) < 4.78 is 0. The number of hydrogen-bond donors (Lipinski definition) is 1. The predicted octanol–water partition coefficient (Wildman–Crippen LogP) is 3.60. The Bertz CT molecular complexity index is 684. The molecule has 0 amide bonds. The van der Waals surface area contributed by atoms with Crippen LogP contribution in [0, 0.1) is 11.8 Å². The van der Waals surface area contributed by atoms with Crippen LogP contribution in [0.4, 0.5) is 0 Å². The van der Waals surface area contributed by atoms with Crippen LogP contribution >= 0.6 is 0 Å². The van der Waals surface area contributed by atoms with Crippen molar-refractivity contribution in [3.63, 3.8) is 0 Å². The molecule has 4 heterocycles. The van der Waals surface area contributed by atoms with Crippen molar-refractivity contribution in [3.8, 4) is 5.75 Å². The van der Waals surface area contributed by atoms with Crippen LogP contribution in [0.5, 0.6) is 5.75 Å². The number of piperidine rings is 3. The highest BCUT2D eigenvalue weighted by molar-refractivity contribution is 5.83. The molecule has 3 aliphatic rings. The summed E-state index contributed by atoms with van der Waals surface area (Å²) >= 11 is 0. The fourth-order valence-electron chi connectivity index (χ4n) is 4.55. The van der Waals surface area contributed by atoms with Crippen LogP contribution in [0.25, 0.3) is 10.9 Å². The quantitative estimate of drug-likeness (QED) is 0.940. The molecule has 116 valence electrons. The van der Waals surface area contributed by atoms with Crippen molar-refractivity contribution in [1.82, 2.24) is 9.88 Å². The monoisotopic (exact) mass is 296 g/mol. The lowest BCUT2D eigenvalue weighted by atomic mass is 9.73. The van der Waals surface area contributed by atoms with E-state index in [-0.39, 0.29) is 0 Å². The zero-order valence-electron chi connectivity index (χ0n) is 13.2. The normalized spacial score (nSPS) is 30.8. The lowest BCUT2D eigenvalue weighted by molar-refractivity contribution is 0.000317. The van der Waals surface area contributed by atoms with E-state index in [9.17, 15) is 5.11 Å². The lowest BCUT2D eigenvalue weighted by Gasteiger charge is -2.50. The van der Waals surface area contributed by atoms with Crippen molar-refractivity contribution in [3.05, 3.63) is 36.0 Å². The van der Waals surface area contributed by atoms with Crippen LogP contribution in [0.1, 0.15) is 31.7 Å². The highest BCUT2D eigenvalue weighted by Crippen LogP contribution is 2.39. The standard InChI is InChI=1S/C19H24N2O/c1-2-13-12-21-8-6-14(13)9-16(21)10-15-5-7-20-19-4-3-17(22)11-18(15)19/h3-5,7,11,13-14,16,22H,2,6,8-10,12H2,1H3. The molecule has 5 rings (SSSR count). The largest absolute Gasteiger partial charge is 0.508 e. The van der Waals surface area contributed by atoms with E-state index in [0.29, 0.717) is 11.8 Å². The molecule has 3 fully saturated rings. The van der Waals surface area contributed by atoms with Gasteiger partial charge in [-0.15, -0.1) is 0 Å². The van der Waals surface area contributed by atoms with Gasteiger partial charge in [-0.05, 0) is 67.5 Å². The second-order valence-corrected chi connectivity index (χ2v) is 6.98. The second-order valence-electron chi connectivity index (χ2n) is 6.98. The summed E-state index contributed by atoms with van der Waals surface area (Å²) in [5.41, 5.74) is 2.31. The van der Waals surface area contributed by atoms with Gasteiger partial charge in [0.1, 0.15) is 5.75 Å². The molecule has 3 heteroatoms. The number of fused-ring (bicyclic) bond motifs is 4. The van der Waals surface area contributed by atoms with Gasteiger partial charge in [-0.25, -0.2) is 0 Å². The molecule has 0 spiro atoms. The fourth-order valence-corrected chi connectivity index (χ4v) is 4.55. The zero-order valence-corrected chi connectivity index (χ0v) is 13.2. The van der Waals surface area contributed by atoms with Crippen molar-refractivity contribution in [2.75, 3.05) is 13.1 Å². The van der Waals surface area contributed by atoms with E-state index >= 15 is 0 Å². The maximum absolute atomic E-state index is 9.79. The molecule has 4 unspecified atom stereocenters. The van der Waals surface area contributed by atoms with Crippen LogP contribution in [0.3, 0.4) is 0 Å². The highest BCUT2D eigenvalue weighted by atomic mass is 16.3. The number of pyridine rings is 1. The molecule has 2 aromatic rings. The number of phenolic OH excluding ortho intramolecular Hbond substituents is 1. The Balaban J connectivity index is 1.61. The summed E-state index contributed by atoms with van der Waals surface area (Å²) in [6.45, 7) is 4.88. The summed E-state index contributed by atoms with van der Waals surface area (Å²) in [4.78, 5) is 7.12. The van der Waals surface area contributed by atoms with E-state index < -0.39 is 0 Å². The number of aromatic nitrogens is 1. The van der Waals surface area contributed by atoms with Crippen molar-refractivity contribution < 1.29 is 5.11 Å². The topological polar surface area (TPSA) is 36.4 Å². The minimum Gasteiger partial charge on any atom is -0.508 e. The summed E-state index contributed by atoms with van der Waals surface area (Å²) in [5.74, 6) is 2.16. The Hall–Kier alpha value is -1.61. The first kappa shape index (κ1) is 14.0. The third kappa shape index (κ3) is 2.38. The SMILES string of the molecule is CCC1CN2CCC1CC2Cc1ccnc2ccc(O)cc12. The van der Waals surface area contributed by atoms with Gasteiger partial charge in [0.05, 0.1) is 5.52 Å². The average Bonchev–Trinajstić information content (AvgIpc) is 2.56. The van der Waals surface area contributed by atoms with Gasteiger partial charge in [0.2, 0.25) is 0 Å². The van der Waals surface area contributed by atoms with Gasteiger partial charge in [0.25, 0.3) is 0 Å². The maximum atomic E-state index is 9.79. The summed E-state index contributed by atoms with van der Waals surface area (Å²) in [6.07, 6.45) is 7.02. The first-order valence-electron chi connectivity index (χ1n) is 8.55. The molecule has 3 saturated heterocycles. The zero-order chi connectivity index (χ0) is 15.1. The number of rotatable bonds is 3. The van der Waals surface area contributed by atoms with Crippen LogP contribution in [-0.4, -0.2) is 34.1 Å². The molecule has 3 nitrogen and oxygen atoms in total. The lowest BCUT2D eigenvalue weighted by Crippen LogP contribution is -2.53. The van der Waals surface area contributed by atoms with E-state index in [2.05, 4.69) is 22.9 Å². The smallest absolute Gasteiger partial charge is 0.116 e. The van der Waals surface area contributed by atoms with Crippen molar-refractivity contribution in [2.45, 2.75) is 38.6 Å². The molecule has 1 aromatic heterocycles. The van der Waals surface area contributed by atoms with Crippen LogP contribution in [0.2, 0.25) is 0 Å². The summed E-state index contributed by atoms with van der Waals surface area (Å²) in [6, 6.07) is 8.28. The Morgan fingerprint density at radius 2 is 2.23 bits per heavy atom. The molecule has 0 aliphatic carbocycles. The summed E-state index contributed by atoms with van der Waals surface area (Å²) in [7, 11) is 0. The predicted molar refractivity (Wildman–Crippen MR) is 89.0 cm³/mol. The highest BCUT2D eigenvalue weighted by Gasteiger charge is 2.39. The maximum Gasteiger partial charge on any atom is 0.116 e. The summed E-state index contributed by atoms with van der Waals surface area (Å²) in [5, 5.41) is 10.9. The Labute approximate surface area is 132 Å². The van der Waals surface area contributed by atoms with Gasteiger partial charge < -0.3 is 5.11 Å². The minimum atomic E-state index is 0.332. The molecule has 2 bridgehead atoms. The van der Waals surface area contributed by atoms with Crippen molar-refractivity contribution in [1.29, 1.82) is 0 Å². The van der Waals surface area contributed by atoms with Crippen molar-refractivity contribution in [2.24, 2.45) is 11.8 Å². The van der Waals surface area contributed by atoms with Crippen LogP contribution in [-0.2, 0) is 6.42 Å².